The highest BCUT2D eigenvalue weighted by Gasteiger charge is 2.51. The molecular formula is C21H23Br2N3OS. The smallest absolute Gasteiger partial charge is 0.200 e. The third-order valence-corrected chi connectivity index (χ3v) is 8.16. The highest BCUT2D eigenvalue weighted by molar-refractivity contribution is 9.11. The molecule has 1 saturated heterocycles. The molecule has 2 aromatic rings. The average molecular weight is 525 g/mol. The first-order valence-electron chi connectivity index (χ1n) is 9.91. The van der Waals surface area contributed by atoms with Gasteiger partial charge in [-0.1, -0.05) is 22.9 Å². The third kappa shape index (κ3) is 3.24. The Labute approximate surface area is 186 Å². The van der Waals surface area contributed by atoms with Gasteiger partial charge in [0.15, 0.2) is 0 Å². The molecule has 7 heteroatoms. The van der Waals surface area contributed by atoms with Crippen molar-refractivity contribution in [3.05, 3.63) is 49.0 Å². The van der Waals surface area contributed by atoms with Gasteiger partial charge in [0.2, 0.25) is 5.72 Å². The van der Waals surface area contributed by atoms with Crippen LogP contribution >= 0.6 is 43.2 Å². The van der Waals surface area contributed by atoms with Crippen molar-refractivity contribution in [2.24, 2.45) is 5.10 Å². The van der Waals surface area contributed by atoms with Crippen molar-refractivity contribution in [2.45, 2.75) is 44.4 Å². The molecule has 5 rings (SSSR count). The number of hydrogen-bond acceptors (Lipinski definition) is 5. The van der Waals surface area contributed by atoms with Gasteiger partial charge in [-0.2, -0.15) is 5.10 Å². The van der Waals surface area contributed by atoms with Gasteiger partial charge in [-0.25, -0.2) is 5.01 Å². The van der Waals surface area contributed by atoms with E-state index >= 15 is 0 Å². The van der Waals surface area contributed by atoms with E-state index < -0.39 is 0 Å². The molecule has 3 aliphatic rings. The van der Waals surface area contributed by atoms with E-state index in [1.807, 2.05) is 0 Å². The number of rotatable bonds is 3. The Kier molecular flexibility index (Phi) is 5.06. The quantitative estimate of drug-likeness (QED) is 0.491. The minimum Gasteiger partial charge on any atom is -0.466 e. The molecule has 4 heterocycles. The maximum absolute atomic E-state index is 6.71. The first-order chi connectivity index (χ1) is 13.6. The van der Waals surface area contributed by atoms with E-state index in [-0.39, 0.29) is 11.8 Å². The second-order valence-electron chi connectivity index (χ2n) is 7.79. The van der Waals surface area contributed by atoms with Crippen LogP contribution in [0.5, 0.6) is 5.75 Å². The van der Waals surface area contributed by atoms with Gasteiger partial charge >= 0.3 is 0 Å². The summed E-state index contributed by atoms with van der Waals surface area (Å²) in [6, 6.07) is 10.9. The maximum Gasteiger partial charge on any atom is 0.200 e. The lowest BCUT2D eigenvalue weighted by Gasteiger charge is -2.51. The summed E-state index contributed by atoms with van der Waals surface area (Å²) in [6.45, 7) is 5.55. The van der Waals surface area contributed by atoms with Gasteiger partial charge in [-0.15, -0.1) is 11.3 Å². The van der Waals surface area contributed by atoms with Gasteiger partial charge in [0.1, 0.15) is 5.75 Å². The molecular weight excluding hydrogens is 502 g/mol. The summed E-state index contributed by atoms with van der Waals surface area (Å²) in [5.41, 5.74) is 2.09. The Hall–Kier alpha value is -0.890. The zero-order chi connectivity index (χ0) is 19.3. The lowest BCUT2D eigenvalue weighted by atomic mass is 9.91. The zero-order valence-electron chi connectivity index (χ0n) is 15.8. The minimum absolute atomic E-state index is 0.245. The maximum atomic E-state index is 6.71. The lowest BCUT2D eigenvalue weighted by molar-refractivity contribution is -0.149. The summed E-state index contributed by atoms with van der Waals surface area (Å²) in [5.74, 6) is 1.03. The van der Waals surface area contributed by atoms with Crippen molar-refractivity contribution < 1.29 is 4.74 Å². The minimum atomic E-state index is -0.327. The molecule has 0 saturated carbocycles. The van der Waals surface area contributed by atoms with Gasteiger partial charge in [-0.05, 0) is 59.2 Å². The molecule has 1 spiro atoms. The van der Waals surface area contributed by atoms with E-state index in [0.29, 0.717) is 0 Å². The van der Waals surface area contributed by atoms with Crippen LogP contribution in [0.25, 0.3) is 0 Å². The molecule has 1 atom stereocenters. The Morgan fingerprint density at radius 2 is 2.04 bits per heavy atom. The van der Waals surface area contributed by atoms with Crippen LogP contribution in [0.4, 0.5) is 0 Å². The van der Waals surface area contributed by atoms with Crippen LogP contribution in [0.2, 0.25) is 0 Å². The molecule has 0 amide bonds. The summed E-state index contributed by atoms with van der Waals surface area (Å²) >= 11 is 9.00. The Balaban J connectivity index is 1.53. The summed E-state index contributed by atoms with van der Waals surface area (Å²) in [7, 11) is 0. The molecule has 0 N–H and O–H groups in total. The number of benzene rings is 1. The number of hydrazone groups is 1. The van der Waals surface area contributed by atoms with Gasteiger partial charge in [0.25, 0.3) is 0 Å². The Bertz CT molecular complexity index is 920. The summed E-state index contributed by atoms with van der Waals surface area (Å²) in [6.07, 6.45) is 4.11. The summed E-state index contributed by atoms with van der Waals surface area (Å²) in [4.78, 5) is 3.80. The topological polar surface area (TPSA) is 28.1 Å². The van der Waals surface area contributed by atoms with Crippen molar-refractivity contribution in [1.82, 2.24) is 9.91 Å². The van der Waals surface area contributed by atoms with Crippen molar-refractivity contribution >= 4 is 48.9 Å². The van der Waals surface area contributed by atoms with E-state index in [1.165, 1.54) is 29.1 Å². The van der Waals surface area contributed by atoms with E-state index in [1.54, 1.807) is 11.3 Å². The number of nitrogens with zero attached hydrogens (tertiary/aromatic N) is 3. The fourth-order valence-corrected chi connectivity index (χ4v) is 6.40. The number of ether oxygens (including phenoxy) is 1. The van der Waals surface area contributed by atoms with Crippen LogP contribution < -0.4 is 4.74 Å². The highest BCUT2D eigenvalue weighted by Crippen LogP contribution is 2.50. The molecule has 1 fully saturated rings. The second kappa shape index (κ2) is 7.42. The molecule has 0 radical (unpaired) electrons. The molecule has 148 valence electrons. The molecule has 0 unspecified atom stereocenters. The van der Waals surface area contributed by atoms with Gasteiger partial charge in [-0.3, -0.25) is 0 Å². The second-order valence-corrected chi connectivity index (χ2v) is 11.2. The van der Waals surface area contributed by atoms with Crippen LogP contribution in [-0.4, -0.2) is 41.0 Å². The van der Waals surface area contributed by atoms with Crippen LogP contribution in [0.15, 0.2) is 43.7 Å². The number of thiophene rings is 1. The van der Waals surface area contributed by atoms with Crippen molar-refractivity contribution in [2.75, 3.05) is 19.6 Å². The number of halogens is 2. The number of piperidine rings is 1. The first-order valence-corrected chi connectivity index (χ1v) is 12.3. The molecule has 3 aliphatic heterocycles. The number of fused-ring (bicyclic) bond motifs is 4. The fourth-order valence-electron chi connectivity index (χ4n) is 4.64. The monoisotopic (exact) mass is 523 g/mol. The average Bonchev–Trinajstić information content (AvgIpc) is 3.32. The largest absolute Gasteiger partial charge is 0.466 e. The van der Waals surface area contributed by atoms with Crippen molar-refractivity contribution in [3.63, 3.8) is 0 Å². The molecule has 0 bridgehead atoms. The predicted octanol–water partition coefficient (Wildman–Crippen LogP) is 6.02. The van der Waals surface area contributed by atoms with Gasteiger partial charge < -0.3 is 9.64 Å². The normalized spacial score (nSPS) is 23.3. The number of hydrogen-bond donors (Lipinski definition) is 0. The third-order valence-electron chi connectivity index (χ3n) is 5.99. The van der Waals surface area contributed by atoms with Crippen molar-refractivity contribution in [1.29, 1.82) is 0 Å². The predicted molar refractivity (Wildman–Crippen MR) is 121 cm³/mol. The van der Waals surface area contributed by atoms with Crippen LogP contribution in [0.3, 0.4) is 0 Å². The molecule has 1 aromatic carbocycles. The highest BCUT2D eigenvalue weighted by atomic mass is 79.9. The zero-order valence-corrected chi connectivity index (χ0v) is 19.8. The standard InChI is InChI=1S/C21H23Br2N3OS/c1-2-9-25-10-7-21(8-11-25)26-17(15-12-14(22)3-4-18(15)27-21)13-16(24-26)19-5-6-20(23)28-19/h3-6,12,17H,2,7-11,13H2,1H3/t17-/m1/s1. The van der Waals surface area contributed by atoms with E-state index in [2.05, 4.69) is 79.0 Å². The Morgan fingerprint density at radius 1 is 1.21 bits per heavy atom. The van der Waals surface area contributed by atoms with Crippen LogP contribution in [0, 0.1) is 0 Å². The number of likely N-dealkylation sites (tertiary alicyclic amines) is 1. The van der Waals surface area contributed by atoms with Gasteiger partial charge in [0, 0.05) is 42.4 Å². The lowest BCUT2D eigenvalue weighted by Crippen LogP contribution is -2.59. The first kappa shape index (κ1) is 19.1. The summed E-state index contributed by atoms with van der Waals surface area (Å²) < 4.78 is 8.95. The molecule has 4 nitrogen and oxygen atoms in total. The fraction of sp³-hybridized carbons (Fsp3) is 0.476. The molecule has 0 aliphatic carbocycles. The van der Waals surface area contributed by atoms with E-state index in [4.69, 9.17) is 9.84 Å². The summed E-state index contributed by atoms with van der Waals surface area (Å²) in [5, 5.41) is 7.45. The van der Waals surface area contributed by atoms with Crippen molar-refractivity contribution in [3.8, 4) is 5.75 Å². The van der Waals surface area contributed by atoms with Gasteiger partial charge in [0.05, 0.1) is 20.4 Å². The van der Waals surface area contributed by atoms with Crippen LogP contribution in [-0.2, 0) is 0 Å². The Morgan fingerprint density at radius 3 is 2.75 bits per heavy atom. The molecule has 1 aromatic heterocycles. The van der Waals surface area contributed by atoms with E-state index in [0.717, 1.165) is 46.4 Å². The molecule has 28 heavy (non-hydrogen) atoms. The van der Waals surface area contributed by atoms with E-state index in [9.17, 15) is 0 Å². The van der Waals surface area contributed by atoms with Crippen LogP contribution in [0.1, 0.15) is 49.1 Å². The SMILES string of the molecule is CCCN1CCC2(CC1)Oc1ccc(Br)cc1[C@H]1CC(c3ccc(Br)s3)=NN12.